The molecule has 28 heavy (non-hydrogen) atoms. The molecule has 0 radical (unpaired) electrons. The molecule has 1 aromatic carbocycles. The molecule has 148 valence electrons. The van der Waals surface area contributed by atoms with Gasteiger partial charge in [-0.05, 0) is 30.2 Å². The molecule has 0 aliphatic rings. The Balaban J connectivity index is 1.80. The molecule has 0 saturated heterocycles. The van der Waals surface area contributed by atoms with E-state index in [1.807, 2.05) is 0 Å². The van der Waals surface area contributed by atoms with E-state index in [0.29, 0.717) is 26.2 Å². The van der Waals surface area contributed by atoms with Gasteiger partial charge in [0.25, 0.3) is 11.5 Å². The molecule has 10 heteroatoms. The monoisotopic (exact) mass is 411 g/mol. The molecule has 0 bridgehead atoms. The summed E-state index contributed by atoms with van der Waals surface area (Å²) in [6, 6.07) is 5.30. The number of amides is 1. The number of rotatable bonds is 4. The molecule has 3 aromatic rings. The Morgan fingerprint density at radius 1 is 1.29 bits per heavy atom. The van der Waals surface area contributed by atoms with Gasteiger partial charge in [-0.3, -0.25) is 9.59 Å². The fourth-order valence-electron chi connectivity index (χ4n) is 2.73. The number of carbonyl (C=O) groups excluding carboxylic acids is 1. The fraction of sp³-hybridized carbons (Fsp3) is 0.278. The summed E-state index contributed by atoms with van der Waals surface area (Å²) < 4.78 is 41.8. The quantitative estimate of drug-likeness (QED) is 0.660. The Bertz CT molecular complexity index is 1090. The summed E-state index contributed by atoms with van der Waals surface area (Å²) in [6.45, 7) is 1.89. The second-order valence-electron chi connectivity index (χ2n) is 6.25. The van der Waals surface area contributed by atoms with Crippen molar-refractivity contribution in [3.05, 3.63) is 57.0 Å². The zero-order valence-corrected chi connectivity index (χ0v) is 16.0. The summed E-state index contributed by atoms with van der Waals surface area (Å²) in [4.78, 5) is 31.6. The first-order valence-corrected chi connectivity index (χ1v) is 8.93. The Morgan fingerprint density at radius 3 is 2.54 bits per heavy atom. The van der Waals surface area contributed by atoms with Crippen LogP contribution in [-0.4, -0.2) is 33.8 Å². The molecule has 3 rings (SSSR count). The van der Waals surface area contributed by atoms with Crippen LogP contribution in [0.1, 0.15) is 20.8 Å². The van der Waals surface area contributed by atoms with Gasteiger partial charge in [-0.2, -0.15) is 0 Å². The maximum Gasteiger partial charge on any atom is 0.573 e. The standard InChI is InChI=1S/C18H16F3N3O3S/c1-10-13-15(22-9-24(3)16(13)25)28-14(10)17(26)23(2)8-11-4-6-12(7-5-11)27-18(19,20)21/h4-7,9H,8H2,1-3H3. The van der Waals surface area contributed by atoms with E-state index in [2.05, 4.69) is 9.72 Å². The molecular formula is C18H16F3N3O3S. The largest absolute Gasteiger partial charge is 0.573 e. The van der Waals surface area contributed by atoms with Crippen molar-refractivity contribution < 1.29 is 22.7 Å². The highest BCUT2D eigenvalue weighted by Crippen LogP contribution is 2.28. The van der Waals surface area contributed by atoms with Crippen LogP contribution in [0.15, 0.2) is 35.4 Å². The van der Waals surface area contributed by atoms with E-state index in [1.54, 1.807) is 21.0 Å². The van der Waals surface area contributed by atoms with Gasteiger partial charge in [-0.1, -0.05) is 12.1 Å². The van der Waals surface area contributed by atoms with Gasteiger partial charge in [0.1, 0.15) is 10.6 Å². The van der Waals surface area contributed by atoms with Gasteiger partial charge in [-0.25, -0.2) is 4.98 Å². The third kappa shape index (κ3) is 4.01. The number of aryl methyl sites for hydroxylation is 2. The van der Waals surface area contributed by atoms with E-state index in [4.69, 9.17) is 0 Å². The van der Waals surface area contributed by atoms with Gasteiger partial charge in [-0.15, -0.1) is 24.5 Å². The maximum absolute atomic E-state index is 12.8. The van der Waals surface area contributed by atoms with Crippen LogP contribution in [0.25, 0.3) is 10.2 Å². The van der Waals surface area contributed by atoms with Crippen LogP contribution in [0.3, 0.4) is 0 Å². The number of ether oxygens (including phenoxy) is 1. The number of hydrogen-bond donors (Lipinski definition) is 0. The minimum Gasteiger partial charge on any atom is -0.406 e. The van der Waals surface area contributed by atoms with Crippen LogP contribution in [0.5, 0.6) is 5.75 Å². The molecule has 0 saturated carbocycles. The summed E-state index contributed by atoms with van der Waals surface area (Å²) >= 11 is 1.14. The molecule has 0 fully saturated rings. The van der Waals surface area contributed by atoms with Crippen molar-refractivity contribution in [2.45, 2.75) is 19.8 Å². The Hall–Kier alpha value is -2.88. The van der Waals surface area contributed by atoms with Gasteiger partial charge >= 0.3 is 6.36 Å². The first-order chi connectivity index (χ1) is 13.1. The smallest absolute Gasteiger partial charge is 0.406 e. The lowest BCUT2D eigenvalue weighted by Crippen LogP contribution is -2.26. The van der Waals surface area contributed by atoms with E-state index >= 15 is 0 Å². The number of aromatic nitrogens is 2. The van der Waals surface area contributed by atoms with Gasteiger partial charge in [0.05, 0.1) is 16.6 Å². The van der Waals surface area contributed by atoms with Crippen molar-refractivity contribution in [3.8, 4) is 5.75 Å². The Kier molecular flexibility index (Phi) is 5.16. The topological polar surface area (TPSA) is 64.4 Å². The average Bonchev–Trinajstić information content (AvgIpc) is 2.95. The molecule has 0 aliphatic heterocycles. The van der Waals surface area contributed by atoms with Crippen molar-refractivity contribution in [3.63, 3.8) is 0 Å². The normalized spacial score (nSPS) is 11.6. The molecule has 2 heterocycles. The van der Waals surface area contributed by atoms with Crippen molar-refractivity contribution in [2.75, 3.05) is 7.05 Å². The number of alkyl halides is 3. The first kappa shape index (κ1) is 19.9. The number of thiophene rings is 1. The van der Waals surface area contributed by atoms with E-state index in [1.165, 1.54) is 40.1 Å². The van der Waals surface area contributed by atoms with Crippen LogP contribution < -0.4 is 10.3 Å². The lowest BCUT2D eigenvalue weighted by atomic mass is 10.1. The zero-order valence-electron chi connectivity index (χ0n) is 15.2. The van der Waals surface area contributed by atoms with Gasteiger partial charge < -0.3 is 14.2 Å². The minimum absolute atomic E-state index is 0.185. The fourth-order valence-corrected chi connectivity index (χ4v) is 3.86. The number of nitrogens with zero attached hydrogens (tertiary/aromatic N) is 3. The van der Waals surface area contributed by atoms with Gasteiger partial charge in [0, 0.05) is 20.6 Å². The highest BCUT2D eigenvalue weighted by atomic mass is 32.1. The van der Waals surface area contributed by atoms with Crippen LogP contribution in [0.4, 0.5) is 13.2 Å². The Labute approximate surface area is 161 Å². The summed E-state index contributed by atoms with van der Waals surface area (Å²) in [5.74, 6) is -0.620. The van der Waals surface area contributed by atoms with Crippen LogP contribution in [0.2, 0.25) is 0 Å². The third-order valence-electron chi connectivity index (χ3n) is 4.13. The first-order valence-electron chi connectivity index (χ1n) is 8.11. The Morgan fingerprint density at radius 2 is 1.93 bits per heavy atom. The molecule has 0 spiro atoms. The van der Waals surface area contributed by atoms with Crippen molar-refractivity contribution >= 4 is 27.5 Å². The van der Waals surface area contributed by atoms with Crippen molar-refractivity contribution in [2.24, 2.45) is 7.05 Å². The van der Waals surface area contributed by atoms with E-state index in [0.717, 1.165) is 11.3 Å². The molecule has 0 N–H and O–H groups in total. The zero-order chi connectivity index (χ0) is 20.6. The molecule has 2 aromatic heterocycles. The number of carbonyl (C=O) groups is 1. The van der Waals surface area contributed by atoms with Crippen molar-refractivity contribution in [1.29, 1.82) is 0 Å². The van der Waals surface area contributed by atoms with Gasteiger partial charge in [0.2, 0.25) is 0 Å². The van der Waals surface area contributed by atoms with E-state index in [9.17, 15) is 22.8 Å². The molecule has 0 unspecified atom stereocenters. The lowest BCUT2D eigenvalue weighted by Gasteiger charge is -2.17. The van der Waals surface area contributed by atoms with Crippen LogP contribution in [-0.2, 0) is 13.6 Å². The second-order valence-corrected chi connectivity index (χ2v) is 7.25. The summed E-state index contributed by atoms with van der Waals surface area (Å²) in [6.07, 6.45) is -3.35. The van der Waals surface area contributed by atoms with E-state index < -0.39 is 6.36 Å². The molecule has 1 amide bonds. The SMILES string of the molecule is Cc1c(C(=O)N(C)Cc2ccc(OC(F)(F)F)cc2)sc2ncn(C)c(=O)c12. The minimum atomic E-state index is -4.75. The third-order valence-corrected chi connectivity index (χ3v) is 5.32. The van der Waals surface area contributed by atoms with Crippen molar-refractivity contribution in [1.82, 2.24) is 14.5 Å². The highest BCUT2D eigenvalue weighted by Gasteiger charge is 2.31. The number of fused-ring (bicyclic) bond motifs is 1. The average molecular weight is 411 g/mol. The van der Waals surface area contributed by atoms with Gasteiger partial charge in [0.15, 0.2) is 0 Å². The highest BCUT2D eigenvalue weighted by molar-refractivity contribution is 7.20. The molecule has 6 nitrogen and oxygen atoms in total. The second kappa shape index (κ2) is 7.27. The van der Waals surface area contributed by atoms with E-state index in [-0.39, 0.29) is 23.8 Å². The predicted molar refractivity (Wildman–Crippen MR) is 98.5 cm³/mol. The lowest BCUT2D eigenvalue weighted by molar-refractivity contribution is -0.274. The summed E-state index contributed by atoms with van der Waals surface area (Å²) in [5.41, 5.74) is 0.985. The number of benzene rings is 1. The predicted octanol–water partition coefficient (Wildman–Crippen LogP) is 3.47. The molecule has 0 aliphatic carbocycles. The summed E-state index contributed by atoms with van der Waals surface area (Å²) in [5, 5.41) is 0.417. The van der Waals surface area contributed by atoms with Crippen LogP contribution in [0, 0.1) is 6.92 Å². The molecular weight excluding hydrogens is 395 g/mol. The maximum atomic E-state index is 12.8. The number of hydrogen-bond acceptors (Lipinski definition) is 5. The van der Waals surface area contributed by atoms with Crippen LogP contribution >= 0.6 is 11.3 Å². The number of halogens is 3. The summed E-state index contributed by atoms with van der Waals surface area (Å²) in [7, 11) is 3.17. The molecule has 0 atom stereocenters.